The van der Waals surface area contributed by atoms with Gasteiger partial charge in [-0.15, -0.1) is 0 Å². The molecule has 3 aromatic carbocycles. The van der Waals surface area contributed by atoms with E-state index in [1.54, 1.807) is 48.5 Å². The second-order valence-corrected chi connectivity index (χ2v) is 6.30. The number of hydrogen-bond acceptors (Lipinski definition) is 3. The molecule has 5 heteroatoms. The van der Waals surface area contributed by atoms with E-state index in [2.05, 4.69) is 5.32 Å². The molecule has 0 fully saturated rings. The smallest absolute Gasteiger partial charge is 0.241 e. The van der Waals surface area contributed by atoms with Gasteiger partial charge in [0.05, 0.1) is 6.04 Å². The SMILES string of the molecule is N[C@@H](Cc1ccccc1)C(=O)Nc1ccc(Oc2ccc(Cl)cc2)cc1. The molecule has 26 heavy (non-hydrogen) atoms. The number of halogens is 1. The highest BCUT2D eigenvalue weighted by Gasteiger charge is 2.14. The minimum Gasteiger partial charge on any atom is -0.457 e. The average molecular weight is 367 g/mol. The number of hydrogen-bond donors (Lipinski definition) is 2. The maximum atomic E-state index is 12.2. The number of amides is 1. The van der Waals surface area contributed by atoms with Gasteiger partial charge < -0.3 is 15.8 Å². The first-order chi connectivity index (χ1) is 12.6. The normalized spacial score (nSPS) is 11.6. The summed E-state index contributed by atoms with van der Waals surface area (Å²) in [4.78, 5) is 12.2. The van der Waals surface area contributed by atoms with Crippen molar-refractivity contribution >= 4 is 23.2 Å². The molecule has 3 aromatic rings. The summed E-state index contributed by atoms with van der Waals surface area (Å²) in [6.07, 6.45) is 0.491. The van der Waals surface area contributed by atoms with Crippen molar-refractivity contribution in [3.8, 4) is 11.5 Å². The third-order valence-electron chi connectivity index (χ3n) is 3.81. The summed E-state index contributed by atoms with van der Waals surface area (Å²) < 4.78 is 5.72. The Bertz CT molecular complexity index is 849. The molecule has 0 saturated carbocycles. The fourth-order valence-electron chi connectivity index (χ4n) is 2.44. The number of ether oxygens (including phenoxy) is 1. The van der Waals surface area contributed by atoms with E-state index in [9.17, 15) is 4.79 Å². The largest absolute Gasteiger partial charge is 0.457 e. The summed E-state index contributed by atoms with van der Waals surface area (Å²) in [5.41, 5.74) is 7.69. The van der Waals surface area contributed by atoms with Gasteiger partial charge in [0, 0.05) is 10.7 Å². The van der Waals surface area contributed by atoms with Gasteiger partial charge in [-0.3, -0.25) is 4.79 Å². The fraction of sp³-hybridized carbons (Fsp3) is 0.0952. The number of rotatable bonds is 6. The van der Waals surface area contributed by atoms with Crippen LogP contribution in [0.1, 0.15) is 5.56 Å². The Morgan fingerprint density at radius 3 is 2.12 bits per heavy atom. The number of carbonyl (C=O) groups is 1. The molecule has 3 N–H and O–H groups in total. The first-order valence-electron chi connectivity index (χ1n) is 8.24. The Kier molecular flexibility index (Phi) is 5.89. The molecule has 0 unspecified atom stereocenters. The molecule has 0 aliphatic heterocycles. The Balaban J connectivity index is 1.56. The first kappa shape index (κ1) is 18.0. The van der Waals surface area contributed by atoms with Gasteiger partial charge in [-0.05, 0) is 60.5 Å². The molecule has 0 aromatic heterocycles. The Morgan fingerprint density at radius 1 is 0.923 bits per heavy atom. The van der Waals surface area contributed by atoms with Gasteiger partial charge in [-0.2, -0.15) is 0 Å². The Labute approximate surface area is 157 Å². The van der Waals surface area contributed by atoms with Crippen molar-refractivity contribution in [2.45, 2.75) is 12.5 Å². The van der Waals surface area contributed by atoms with Crippen molar-refractivity contribution in [2.24, 2.45) is 5.73 Å². The predicted octanol–water partition coefficient (Wildman–Crippen LogP) is 4.64. The predicted molar refractivity (Wildman–Crippen MR) is 105 cm³/mol. The molecule has 0 radical (unpaired) electrons. The van der Waals surface area contributed by atoms with Crippen LogP contribution >= 0.6 is 11.6 Å². The molecule has 3 rings (SSSR count). The number of benzene rings is 3. The number of carbonyl (C=O) groups excluding carboxylic acids is 1. The summed E-state index contributed by atoms with van der Waals surface area (Å²) in [6.45, 7) is 0. The van der Waals surface area contributed by atoms with Gasteiger partial charge in [0.2, 0.25) is 5.91 Å². The van der Waals surface area contributed by atoms with Crippen LogP contribution in [0.2, 0.25) is 5.02 Å². The summed E-state index contributed by atoms with van der Waals surface area (Å²) in [5.74, 6) is 1.13. The standard InChI is InChI=1S/C21H19ClN2O2/c22-16-6-10-18(11-7-16)26-19-12-8-17(9-13-19)24-21(25)20(23)14-15-4-2-1-3-5-15/h1-13,20H,14,23H2,(H,24,25)/t20-/m0/s1. The van der Waals surface area contributed by atoms with Crippen molar-refractivity contribution in [2.75, 3.05) is 5.32 Å². The van der Waals surface area contributed by atoms with Crippen molar-refractivity contribution in [1.82, 2.24) is 0 Å². The molecular formula is C21H19ClN2O2. The van der Waals surface area contributed by atoms with Crippen molar-refractivity contribution in [1.29, 1.82) is 0 Å². The lowest BCUT2D eigenvalue weighted by molar-refractivity contribution is -0.117. The van der Waals surface area contributed by atoms with Gasteiger partial charge in [0.15, 0.2) is 0 Å². The third-order valence-corrected chi connectivity index (χ3v) is 4.06. The van der Waals surface area contributed by atoms with Crippen LogP contribution in [0.4, 0.5) is 5.69 Å². The molecule has 4 nitrogen and oxygen atoms in total. The summed E-state index contributed by atoms with van der Waals surface area (Å²) in [7, 11) is 0. The van der Waals surface area contributed by atoms with Crippen LogP contribution in [-0.2, 0) is 11.2 Å². The fourth-order valence-corrected chi connectivity index (χ4v) is 2.57. The summed E-state index contributed by atoms with van der Waals surface area (Å²) >= 11 is 5.85. The van der Waals surface area contributed by atoms with E-state index in [0.29, 0.717) is 28.6 Å². The molecule has 1 amide bonds. The van der Waals surface area contributed by atoms with Crippen molar-refractivity contribution in [3.63, 3.8) is 0 Å². The van der Waals surface area contributed by atoms with E-state index < -0.39 is 6.04 Å². The van der Waals surface area contributed by atoms with Crippen LogP contribution in [0.5, 0.6) is 11.5 Å². The van der Waals surface area contributed by atoms with Crippen LogP contribution in [0.3, 0.4) is 0 Å². The number of nitrogens with one attached hydrogen (secondary N) is 1. The second kappa shape index (κ2) is 8.52. The zero-order chi connectivity index (χ0) is 18.4. The quantitative estimate of drug-likeness (QED) is 0.667. The van der Waals surface area contributed by atoms with Gasteiger partial charge in [-0.1, -0.05) is 41.9 Å². The number of anilines is 1. The van der Waals surface area contributed by atoms with Gasteiger partial charge >= 0.3 is 0 Å². The first-order valence-corrected chi connectivity index (χ1v) is 8.62. The molecule has 0 saturated heterocycles. The monoisotopic (exact) mass is 366 g/mol. The third kappa shape index (κ3) is 5.09. The molecule has 0 heterocycles. The lowest BCUT2D eigenvalue weighted by atomic mass is 10.1. The van der Waals surface area contributed by atoms with Crippen LogP contribution in [0.25, 0.3) is 0 Å². The maximum absolute atomic E-state index is 12.2. The molecule has 0 spiro atoms. The van der Waals surface area contributed by atoms with Gasteiger partial charge in [0.25, 0.3) is 0 Å². The molecule has 1 atom stereocenters. The highest BCUT2D eigenvalue weighted by molar-refractivity contribution is 6.30. The van der Waals surface area contributed by atoms with E-state index in [0.717, 1.165) is 5.56 Å². The van der Waals surface area contributed by atoms with Crippen LogP contribution in [0.15, 0.2) is 78.9 Å². The zero-order valence-electron chi connectivity index (χ0n) is 14.1. The minimum atomic E-state index is -0.609. The number of nitrogens with two attached hydrogens (primary N) is 1. The van der Waals surface area contributed by atoms with E-state index >= 15 is 0 Å². The molecular weight excluding hydrogens is 348 g/mol. The molecule has 132 valence electrons. The summed E-state index contributed by atoms with van der Waals surface area (Å²) in [5, 5.41) is 3.48. The maximum Gasteiger partial charge on any atom is 0.241 e. The van der Waals surface area contributed by atoms with Crippen molar-refractivity contribution < 1.29 is 9.53 Å². The minimum absolute atomic E-state index is 0.222. The van der Waals surface area contributed by atoms with E-state index in [1.807, 2.05) is 30.3 Å². The highest BCUT2D eigenvalue weighted by atomic mass is 35.5. The lowest BCUT2D eigenvalue weighted by Gasteiger charge is -2.13. The molecule has 0 bridgehead atoms. The average Bonchev–Trinajstić information content (AvgIpc) is 2.66. The van der Waals surface area contributed by atoms with E-state index in [1.165, 1.54) is 0 Å². The van der Waals surface area contributed by atoms with Crippen molar-refractivity contribution in [3.05, 3.63) is 89.4 Å². The van der Waals surface area contributed by atoms with Crippen LogP contribution in [0, 0.1) is 0 Å². The Morgan fingerprint density at radius 2 is 1.50 bits per heavy atom. The lowest BCUT2D eigenvalue weighted by Crippen LogP contribution is -2.37. The van der Waals surface area contributed by atoms with Crippen LogP contribution in [-0.4, -0.2) is 11.9 Å². The second-order valence-electron chi connectivity index (χ2n) is 5.87. The summed E-state index contributed by atoms with van der Waals surface area (Å²) in [6, 6.07) is 23.3. The van der Waals surface area contributed by atoms with Gasteiger partial charge in [0.1, 0.15) is 11.5 Å². The van der Waals surface area contributed by atoms with Gasteiger partial charge in [-0.25, -0.2) is 0 Å². The molecule has 0 aliphatic rings. The highest BCUT2D eigenvalue weighted by Crippen LogP contribution is 2.24. The molecule has 0 aliphatic carbocycles. The van der Waals surface area contributed by atoms with E-state index in [4.69, 9.17) is 22.1 Å². The zero-order valence-corrected chi connectivity index (χ0v) is 14.8. The Hall–Kier alpha value is -2.82. The van der Waals surface area contributed by atoms with Crippen LogP contribution < -0.4 is 15.8 Å². The topological polar surface area (TPSA) is 64.4 Å². The van der Waals surface area contributed by atoms with E-state index in [-0.39, 0.29) is 5.91 Å².